The van der Waals surface area contributed by atoms with Gasteiger partial charge in [-0.25, -0.2) is 18.6 Å². The maximum Gasteiger partial charge on any atom is 0.260 e. The number of hydrogen-bond acceptors (Lipinski definition) is 7. The maximum atomic E-state index is 13.9. The summed E-state index contributed by atoms with van der Waals surface area (Å²) >= 11 is 0. The van der Waals surface area contributed by atoms with E-state index in [1.165, 1.54) is 29.4 Å². The van der Waals surface area contributed by atoms with E-state index in [1.807, 2.05) is 19.9 Å². The lowest BCUT2D eigenvalue weighted by molar-refractivity contribution is -0.131. The number of carbonyl (C=O) groups excluding carboxylic acids is 1. The fourth-order valence-corrected chi connectivity index (χ4v) is 3.66. The van der Waals surface area contributed by atoms with Crippen molar-refractivity contribution in [2.24, 2.45) is 4.36 Å². The third kappa shape index (κ3) is 5.70. The lowest BCUT2D eigenvalue weighted by atomic mass is 10.1. The number of fused-ring (bicyclic) bond motifs is 1. The highest BCUT2D eigenvalue weighted by atomic mass is 32.2. The number of amides is 1. The first-order valence-electron chi connectivity index (χ1n) is 9.93. The minimum absolute atomic E-state index is 0.190. The molecule has 10 heteroatoms. The average Bonchev–Trinajstić information content (AvgIpc) is 2.71. The lowest BCUT2D eigenvalue weighted by Crippen LogP contribution is -2.31. The number of benzene rings is 2. The molecule has 0 aliphatic heterocycles. The van der Waals surface area contributed by atoms with E-state index < -0.39 is 15.5 Å². The number of ether oxygens (including phenoxy) is 1. The van der Waals surface area contributed by atoms with E-state index in [4.69, 9.17) is 4.74 Å². The third-order valence-electron chi connectivity index (χ3n) is 4.69. The SMILES string of the molecule is CCN(C)C(=O)COc1cc(F)ccc1Nc1ncnc2cc(N=S(C)(C)=O)cc(C)c12. The molecule has 2 aromatic carbocycles. The summed E-state index contributed by atoms with van der Waals surface area (Å²) in [5, 5.41) is 3.90. The number of aromatic nitrogens is 2. The van der Waals surface area contributed by atoms with Gasteiger partial charge in [0.25, 0.3) is 5.91 Å². The monoisotopic (exact) mass is 459 g/mol. The number of nitrogens with zero attached hydrogens (tertiary/aromatic N) is 4. The number of likely N-dealkylation sites (N-methyl/N-ethyl adjacent to an activating group) is 1. The van der Waals surface area contributed by atoms with Gasteiger partial charge in [0.05, 0.1) is 16.9 Å². The van der Waals surface area contributed by atoms with Gasteiger partial charge in [0, 0.05) is 47.3 Å². The fraction of sp³-hybridized carbons (Fsp3) is 0.318. The second-order valence-corrected chi connectivity index (χ2v) is 10.2. The van der Waals surface area contributed by atoms with Gasteiger partial charge in [-0.3, -0.25) is 4.79 Å². The molecular weight excluding hydrogens is 433 g/mol. The second-order valence-electron chi connectivity index (χ2n) is 7.61. The van der Waals surface area contributed by atoms with Crippen molar-refractivity contribution in [3.05, 3.63) is 48.0 Å². The van der Waals surface area contributed by atoms with Crippen LogP contribution in [0.1, 0.15) is 12.5 Å². The molecule has 3 aromatic rings. The van der Waals surface area contributed by atoms with Gasteiger partial charge in [0.2, 0.25) is 0 Å². The zero-order valence-electron chi connectivity index (χ0n) is 18.7. The topological polar surface area (TPSA) is 96.8 Å². The molecule has 0 fully saturated rings. The number of nitrogens with one attached hydrogen (secondary N) is 1. The summed E-state index contributed by atoms with van der Waals surface area (Å²) < 4.78 is 35.8. The van der Waals surface area contributed by atoms with Crippen LogP contribution < -0.4 is 10.1 Å². The Labute approximate surface area is 187 Å². The van der Waals surface area contributed by atoms with Crippen LogP contribution in [-0.4, -0.2) is 57.7 Å². The van der Waals surface area contributed by atoms with Crippen molar-refractivity contribution < 1.29 is 18.1 Å². The van der Waals surface area contributed by atoms with Crippen molar-refractivity contribution in [3.8, 4) is 5.75 Å². The highest BCUT2D eigenvalue weighted by molar-refractivity contribution is 7.92. The predicted octanol–water partition coefficient (Wildman–Crippen LogP) is 4.04. The van der Waals surface area contributed by atoms with Crippen LogP contribution in [0.4, 0.5) is 21.6 Å². The van der Waals surface area contributed by atoms with Gasteiger partial charge < -0.3 is 15.0 Å². The molecule has 8 nitrogen and oxygen atoms in total. The lowest BCUT2D eigenvalue weighted by Gasteiger charge is -2.17. The number of rotatable bonds is 7. The molecule has 0 aliphatic rings. The zero-order valence-corrected chi connectivity index (χ0v) is 19.5. The van der Waals surface area contributed by atoms with E-state index >= 15 is 0 Å². The highest BCUT2D eigenvalue weighted by Gasteiger charge is 2.14. The Hall–Kier alpha value is -3.27. The van der Waals surface area contributed by atoms with Crippen LogP contribution in [-0.2, 0) is 14.5 Å². The van der Waals surface area contributed by atoms with Crippen LogP contribution >= 0.6 is 0 Å². The smallest absolute Gasteiger partial charge is 0.260 e. The molecule has 1 aromatic heterocycles. The number of halogens is 1. The van der Waals surface area contributed by atoms with E-state index in [2.05, 4.69) is 19.6 Å². The standard InChI is InChI=1S/C22H26FN5O3S/c1-6-28(3)20(29)12-31-19-10-15(23)7-8-17(19)26-22-21-14(2)9-16(27-32(4,5)30)11-18(21)24-13-25-22/h7-11,13H,6,12H2,1-5H3,(H,24,25,26). The van der Waals surface area contributed by atoms with E-state index in [0.29, 0.717) is 29.3 Å². The number of anilines is 2. The van der Waals surface area contributed by atoms with Gasteiger partial charge in [-0.1, -0.05) is 0 Å². The summed E-state index contributed by atoms with van der Waals surface area (Å²) in [5.74, 6) is -0.0258. The van der Waals surface area contributed by atoms with E-state index in [1.54, 1.807) is 25.6 Å². The number of aryl methyl sites for hydroxylation is 1. The first-order chi connectivity index (χ1) is 15.1. The molecule has 1 heterocycles. The van der Waals surface area contributed by atoms with Gasteiger partial charge in [0.15, 0.2) is 6.61 Å². The first-order valence-corrected chi connectivity index (χ1v) is 12.3. The summed E-state index contributed by atoms with van der Waals surface area (Å²) in [7, 11) is -0.651. The van der Waals surface area contributed by atoms with Gasteiger partial charge in [-0.2, -0.15) is 4.36 Å². The van der Waals surface area contributed by atoms with Gasteiger partial charge in [-0.15, -0.1) is 0 Å². The zero-order chi connectivity index (χ0) is 23.5. The van der Waals surface area contributed by atoms with Crippen LogP contribution in [0.25, 0.3) is 10.9 Å². The molecule has 1 N–H and O–H groups in total. The normalized spacial score (nSPS) is 11.3. The van der Waals surface area contributed by atoms with Crippen molar-refractivity contribution in [1.29, 1.82) is 0 Å². The summed E-state index contributed by atoms with van der Waals surface area (Å²) in [6, 6.07) is 7.58. The summed E-state index contributed by atoms with van der Waals surface area (Å²) in [5.41, 5.74) is 2.47. The molecule has 0 atom stereocenters. The Morgan fingerprint density at radius 3 is 2.69 bits per heavy atom. The van der Waals surface area contributed by atoms with E-state index in [0.717, 1.165) is 10.9 Å². The maximum absolute atomic E-state index is 13.9. The van der Waals surface area contributed by atoms with Crippen molar-refractivity contribution in [2.45, 2.75) is 13.8 Å². The Balaban J connectivity index is 1.98. The highest BCUT2D eigenvalue weighted by Crippen LogP contribution is 2.33. The van der Waals surface area contributed by atoms with Crippen LogP contribution in [0.2, 0.25) is 0 Å². The Morgan fingerprint density at radius 2 is 2.00 bits per heavy atom. The molecule has 1 amide bonds. The summed E-state index contributed by atoms with van der Waals surface area (Å²) in [4.78, 5) is 22.3. The number of hydrogen-bond donors (Lipinski definition) is 1. The predicted molar refractivity (Wildman–Crippen MR) is 125 cm³/mol. The quantitative estimate of drug-likeness (QED) is 0.573. The molecule has 0 spiro atoms. The molecule has 32 heavy (non-hydrogen) atoms. The summed E-state index contributed by atoms with van der Waals surface area (Å²) in [6.07, 6.45) is 4.53. The number of carbonyl (C=O) groups is 1. The largest absolute Gasteiger partial charge is 0.481 e. The molecule has 0 unspecified atom stereocenters. The fourth-order valence-electron chi connectivity index (χ4n) is 3.05. The minimum atomic E-state index is -2.32. The minimum Gasteiger partial charge on any atom is -0.481 e. The molecule has 0 bridgehead atoms. The first kappa shape index (κ1) is 23.4. The van der Waals surface area contributed by atoms with Crippen LogP contribution in [0.15, 0.2) is 41.0 Å². The second kappa shape index (κ2) is 9.47. The molecule has 0 radical (unpaired) electrons. The Kier molecular flexibility index (Phi) is 6.93. The molecule has 3 rings (SSSR count). The third-order valence-corrected chi connectivity index (χ3v) is 5.34. The average molecular weight is 460 g/mol. The van der Waals surface area contributed by atoms with Gasteiger partial charge in [0.1, 0.15) is 23.7 Å². The van der Waals surface area contributed by atoms with Crippen molar-refractivity contribution in [3.63, 3.8) is 0 Å². The van der Waals surface area contributed by atoms with Crippen molar-refractivity contribution in [2.75, 3.05) is 38.0 Å². The molecule has 0 saturated heterocycles. The Bertz CT molecular complexity index is 1280. The Morgan fingerprint density at radius 1 is 1.25 bits per heavy atom. The summed E-state index contributed by atoms with van der Waals surface area (Å²) in [6.45, 7) is 4.06. The van der Waals surface area contributed by atoms with Crippen LogP contribution in [0.3, 0.4) is 0 Å². The van der Waals surface area contributed by atoms with Crippen LogP contribution in [0, 0.1) is 12.7 Å². The van der Waals surface area contributed by atoms with Gasteiger partial charge in [-0.05, 0) is 43.7 Å². The van der Waals surface area contributed by atoms with Crippen molar-refractivity contribution in [1.82, 2.24) is 14.9 Å². The molecule has 0 aliphatic carbocycles. The van der Waals surface area contributed by atoms with Crippen LogP contribution in [0.5, 0.6) is 5.75 Å². The van der Waals surface area contributed by atoms with E-state index in [-0.39, 0.29) is 18.3 Å². The molecule has 170 valence electrons. The van der Waals surface area contributed by atoms with Crippen molar-refractivity contribution >= 4 is 43.7 Å². The molecular formula is C22H26FN5O3S. The van der Waals surface area contributed by atoms with E-state index in [9.17, 15) is 13.4 Å². The van der Waals surface area contributed by atoms with Gasteiger partial charge >= 0.3 is 0 Å². The molecule has 0 saturated carbocycles.